The van der Waals surface area contributed by atoms with E-state index in [0.717, 1.165) is 23.1 Å². The average molecular weight is 507 g/mol. The van der Waals surface area contributed by atoms with Crippen molar-refractivity contribution in [1.29, 1.82) is 0 Å². The summed E-state index contributed by atoms with van der Waals surface area (Å²) in [6.07, 6.45) is 0.733. The van der Waals surface area contributed by atoms with Crippen LogP contribution in [0.5, 0.6) is 5.75 Å². The molecule has 5 rings (SSSR count). The maximum Gasteiger partial charge on any atom is 0.289 e. The number of halogens is 1. The topological polar surface area (TPSA) is 72.2 Å². The lowest BCUT2D eigenvalue weighted by Gasteiger charge is -2.39. The number of nitrogens with zero attached hydrogens (tertiary/aromatic N) is 2. The maximum atomic E-state index is 13.7. The van der Waals surface area contributed by atoms with Gasteiger partial charge in [0.15, 0.2) is 5.76 Å². The van der Waals surface area contributed by atoms with E-state index in [1.807, 2.05) is 36.9 Å². The van der Waals surface area contributed by atoms with Gasteiger partial charge in [0, 0.05) is 25.6 Å². The highest BCUT2D eigenvalue weighted by Gasteiger charge is 2.33. The van der Waals surface area contributed by atoms with Crippen LogP contribution in [-0.2, 0) is 22.6 Å². The van der Waals surface area contributed by atoms with Gasteiger partial charge in [-0.3, -0.25) is 9.59 Å². The first-order valence-corrected chi connectivity index (χ1v) is 12.7. The van der Waals surface area contributed by atoms with Crippen LogP contribution in [-0.4, -0.2) is 54.5 Å². The van der Waals surface area contributed by atoms with Gasteiger partial charge in [0.05, 0.1) is 19.3 Å². The van der Waals surface area contributed by atoms with E-state index >= 15 is 0 Å². The molecule has 0 N–H and O–H groups in total. The molecule has 8 heteroatoms. The molecule has 0 saturated carbocycles. The number of fused-ring (bicyclic) bond motifs is 1. The molecule has 7 nitrogen and oxygen atoms in total. The van der Waals surface area contributed by atoms with Crippen molar-refractivity contribution in [1.82, 2.24) is 9.80 Å². The molecule has 1 fully saturated rings. The standard InChI is InChI=1S/C29H31FN2O5/c1-19(2)28(33)32-12-11-20-5-8-23(17-25(20)27(32)21-3-6-22(30)7-4-21)36-18-24-9-10-26(37-24)29(34)31-13-15-35-16-14-31/h3-10,17,19,27H,11-16,18H2,1-2H3/t27-/m0/s1. The van der Waals surface area contributed by atoms with E-state index in [4.69, 9.17) is 13.9 Å². The summed E-state index contributed by atoms with van der Waals surface area (Å²) in [7, 11) is 0. The Hall–Kier alpha value is -3.65. The third-order valence-electron chi connectivity index (χ3n) is 6.86. The minimum absolute atomic E-state index is 0.0550. The first-order valence-electron chi connectivity index (χ1n) is 12.7. The fourth-order valence-corrected chi connectivity index (χ4v) is 4.90. The number of morpholine rings is 1. The fourth-order valence-electron chi connectivity index (χ4n) is 4.90. The maximum absolute atomic E-state index is 13.7. The molecule has 1 atom stereocenters. The third-order valence-corrected chi connectivity index (χ3v) is 6.86. The lowest BCUT2D eigenvalue weighted by Crippen LogP contribution is -2.42. The third kappa shape index (κ3) is 5.39. The Kier molecular flexibility index (Phi) is 7.28. The summed E-state index contributed by atoms with van der Waals surface area (Å²) in [6, 6.07) is 15.3. The van der Waals surface area contributed by atoms with Crippen LogP contribution in [0, 0.1) is 11.7 Å². The van der Waals surface area contributed by atoms with Crippen LogP contribution in [0.3, 0.4) is 0 Å². The molecule has 0 aliphatic carbocycles. The molecule has 2 aromatic carbocycles. The van der Waals surface area contributed by atoms with Crippen molar-refractivity contribution in [2.75, 3.05) is 32.8 Å². The Bertz CT molecular complexity index is 1260. The van der Waals surface area contributed by atoms with Gasteiger partial charge in [-0.1, -0.05) is 32.0 Å². The number of rotatable bonds is 6. The van der Waals surface area contributed by atoms with Crippen LogP contribution >= 0.6 is 0 Å². The summed E-state index contributed by atoms with van der Waals surface area (Å²) in [5.41, 5.74) is 2.95. The zero-order chi connectivity index (χ0) is 25.9. The highest BCUT2D eigenvalue weighted by atomic mass is 19.1. The Morgan fingerprint density at radius 3 is 2.51 bits per heavy atom. The zero-order valence-corrected chi connectivity index (χ0v) is 21.1. The van der Waals surface area contributed by atoms with Crippen LogP contribution in [0.15, 0.2) is 59.0 Å². The molecule has 0 radical (unpaired) electrons. The highest BCUT2D eigenvalue weighted by Crippen LogP contribution is 2.38. The van der Waals surface area contributed by atoms with E-state index in [1.54, 1.807) is 29.2 Å². The van der Waals surface area contributed by atoms with Crippen LogP contribution in [0.1, 0.15) is 52.9 Å². The Balaban J connectivity index is 1.36. The van der Waals surface area contributed by atoms with Crippen molar-refractivity contribution >= 4 is 11.8 Å². The van der Waals surface area contributed by atoms with Gasteiger partial charge in [-0.25, -0.2) is 4.39 Å². The number of ether oxygens (including phenoxy) is 2. The van der Waals surface area contributed by atoms with Gasteiger partial charge < -0.3 is 23.7 Å². The second kappa shape index (κ2) is 10.8. The first kappa shape index (κ1) is 25.0. The molecular weight excluding hydrogens is 475 g/mol. The molecule has 3 aromatic rings. The monoisotopic (exact) mass is 506 g/mol. The van der Waals surface area contributed by atoms with Crippen molar-refractivity contribution in [3.8, 4) is 5.75 Å². The minimum Gasteiger partial charge on any atom is -0.486 e. The number of amides is 2. The minimum atomic E-state index is -0.329. The van der Waals surface area contributed by atoms with Crippen LogP contribution in [0.4, 0.5) is 4.39 Å². The normalized spacial score (nSPS) is 17.6. The predicted molar refractivity (Wildman–Crippen MR) is 135 cm³/mol. The van der Waals surface area contributed by atoms with E-state index in [-0.39, 0.29) is 42.0 Å². The number of hydrogen-bond donors (Lipinski definition) is 0. The van der Waals surface area contributed by atoms with Crippen molar-refractivity contribution in [2.45, 2.75) is 32.9 Å². The quantitative estimate of drug-likeness (QED) is 0.489. The van der Waals surface area contributed by atoms with E-state index in [9.17, 15) is 14.0 Å². The van der Waals surface area contributed by atoms with E-state index in [2.05, 4.69) is 0 Å². The molecule has 3 heterocycles. The lowest BCUT2D eigenvalue weighted by molar-refractivity contribution is -0.136. The van der Waals surface area contributed by atoms with E-state index in [0.29, 0.717) is 44.4 Å². The second-order valence-corrected chi connectivity index (χ2v) is 9.71. The molecule has 1 aromatic heterocycles. The molecule has 37 heavy (non-hydrogen) atoms. The summed E-state index contributed by atoms with van der Waals surface area (Å²) < 4.78 is 30.8. The summed E-state index contributed by atoms with van der Waals surface area (Å²) >= 11 is 0. The number of benzene rings is 2. The summed E-state index contributed by atoms with van der Waals surface area (Å²) in [6.45, 7) is 6.68. The Morgan fingerprint density at radius 2 is 1.78 bits per heavy atom. The molecule has 0 spiro atoms. The van der Waals surface area contributed by atoms with E-state index in [1.165, 1.54) is 12.1 Å². The van der Waals surface area contributed by atoms with Crippen LogP contribution in [0.2, 0.25) is 0 Å². The number of carbonyl (C=O) groups is 2. The molecule has 2 aliphatic heterocycles. The predicted octanol–water partition coefficient (Wildman–Crippen LogP) is 4.60. The summed E-state index contributed by atoms with van der Waals surface area (Å²) in [4.78, 5) is 29.3. The molecule has 194 valence electrons. The SMILES string of the molecule is CC(C)C(=O)N1CCc2ccc(OCc3ccc(C(=O)N4CCOCC4)o3)cc2[C@@H]1c1ccc(F)cc1. The van der Waals surface area contributed by atoms with Gasteiger partial charge in [-0.05, 0) is 59.5 Å². The average Bonchev–Trinajstić information content (AvgIpc) is 3.40. The number of furan rings is 1. The van der Waals surface area contributed by atoms with Crippen molar-refractivity contribution in [3.05, 3.63) is 88.6 Å². The largest absolute Gasteiger partial charge is 0.486 e. The summed E-state index contributed by atoms with van der Waals surface area (Å²) in [5.74, 6) is 0.883. The number of carbonyl (C=O) groups excluding carboxylic acids is 2. The van der Waals surface area contributed by atoms with Gasteiger partial charge >= 0.3 is 0 Å². The smallest absolute Gasteiger partial charge is 0.289 e. The Labute approximate surface area is 215 Å². The van der Waals surface area contributed by atoms with E-state index < -0.39 is 0 Å². The summed E-state index contributed by atoms with van der Waals surface area (Å²) in [5, 5.41) is 0. The van der Waals surface area contributed by atoms with Crippen LogP contribution < -0.4 is 4.74 Å². The second-order valence-electron chi connectivity index (χ2n) is 9.71. The highest BCUT2D eigenvalue weighted by molar-refractivity contribution is 5.91. The van der Waals surface area contributed by atoms with Gasteiger partial charge in [0.2, 0.25) is 5.91 Å². The fraction of sp³-hybridized carbons (Fsp3) is 0.379. The van der Waals surface area contributed by atoms with Crippen molar-refractivity contribution in [2.24, 2.45) is 5.92 Å². The number of hydrogen-bond acceptors (Lipinski definition) is 5. The Morgan fingerprint density at radius 1 is 1.03 bits per heavy atom. The van der Waals surface area contributed by atoms with Crippen LogP contribution in [0.25, 0.3) is 0 Å². The molecule has 0 bridgehead atoms. The van der Waals surface area contributed by atoms with Gasteiger partial charge in [0.25, 0.3) is 5.91 Å². The van der Waals surface area contributed by atoms with Gasteiger partial charge in [-0.15, -0.1) is 0 Å². The molecule has 2 aliphatic rings. The van der Waals surface area contributed by atoms with Crippen molar-refractivity contribution < 1.29 is 27.9 Å². The lowest BCUT2D eigenvalue weighted by atomic mass is 9.87. The molecular formula is C29H31FN2O5. The molecule has 2 amide bonds. The van der Waals surface area contributed by atoms with Crippen molar-refractivity contribution in [3.63, 3.8) is 0 Å². The molecule has 0 unspecified atom stereocenters. The first-order chi connectivity index (χ1) is 17.9. The molecule has 1 saturated heterocycles. The van der Waals surface area contributed by atoms with Gasteiger partial charge in [-0.2, -0.15) is 0 Å². The zero-order valence-electron chi connectivity index (χ0n) is 21.1. The van der Waals surface area contributed by atoms with Gasteiger partial charge in [0.1, 0.15) is 23.9 Å².